The van der Waals surface area contributed by atoms with Crippen LogP contribution in [0.4, 0.5) is 10.8 Å². The van der Waals surface area contributed by atoms with Crippen molar-refractivity contribution in [3.63, 3.8) is 0 Å². The highest BCUT2D eigenvalue weighted by molar-refractivity contribution is 7.14. The smallest absolute Gasteiger partial charge is 0.251 e. The van der Waals surface area contributed by atoms with Crippen molar-refractivity contribution in [2.75, 3.05) is 23.7 Å². The van der Waals surface area contributed by atoms with Crippen molar-refractivity contribution in [2.45, 2.75) is 32.7 Å². The summed E-state index contributed by atoms with van der Waals surface area (Å²) in [6, 6.07) is 4.94. The minimum atomic E-state index is -0.566. The van der Waals surface area contributed by atoms with Crippen molar-refractivity contribution in [2.24, 2.45) is 11.7 Å². The van der Waals surface area contributed by atoms with Gasteiger partial charge in [0.25, 0.3) is 5.91 Å². The number of piperidine rings is 1. The number of likely N-dealkylation sites (tertiary alicyclic amines) is 1. The molecular formula is C20H25N5O3S. The van der Waals surface area contributed by atoms with Gasteiger partial charge in [0.2, 0.25) is 11.8 Å². The highest BCUT2D eigenvalue weighted by Gasteiger charge is 2.30. The maximum Gasteiger partial charge on any atom is 0.251 e. The van der Waals surface area contributed by atoms with Crippen LogP contribution in [0.1, 0.15) is 35.7 Å². The molecule has 1 fully saturated rings. The number of amides is 3. The van der Waals surface area contributed by atoms with Crippen LogP contribution in [0.5, 0.6) is 0 Å². The molecule has 1 aliphatic heterocycles. The molecule has 0 aromatic carbocycles. The van der Waals surface area contributed by atoms with Gasteiger partial charge in [-0.2, -0.15) is 0 Å². The summed E-state index contributed by atoms with van der Waals surface area (Å²) in [7, 11) is 0. The van der Waals surface area contributed by atoms with Crippen molar-refractivity contribution < 1.29 is 14.4 Å². The third-order valence-electron chi connectivity index (χ3n) is 5.16. The molecule has 3 heterocycles. The zero-order valence-corrected chi connectivity index (χ0v) is 17.3. The Labute approximate surface area is 173 Å². The maximum atomic E-state index is 12.6. The van der Waals surface area contributed by atoms with Crippen LogP contribution >= 0.6 is 11.3 Å². The van der Waals surface area contributed by atoms with E-state index in [0.717, 1.165) is 5.56 Å². The minimum Gasteiger partial charge on any atom is -0.366 e. The Morgan fingerprint density at radius 3 is 2.62 bits per heavy atom. The number of hydrogen-bond acceptors (Lipinski definition) is 6. The number of aryl methyl sites for hydroxylation is 1. The molecule has 4 N–H and O–H groups in total. The molecule has 1 aliphatic rings. The van der Waals surface area contributed by atoms with Gasteiger partial charge < -0.3 is 16.4 Å². The van der Waals surface area contributed by atoms with E-state index in [4.69, 9.17) is 5.73 Å². The maximum absolute atomic E-state index is 12.6. The summed E-state index contributed by atoms with van der Waals surface area (Å²) < 4.78 is 0. The number of rotatable bonds is 6. The van der Waals surface area contributed by atoms with E-state index in [1.165, 1.54) is 11.3 Å². The van der Waals surface area contributed by atoms with Crippen LogP contribution < -0.4 is 16.4 Å². The quantitative estimate of drug-likeness (QED) is 0.669. The molecule has 0 bridgehead atoms. The molecule has 1 saturated heterocycles. The lowest BCUT2D eigenvalue weighted by Gasteiger charge is -2.34. The van der Waals surface area contributed by atoms with Gasteiger partial charge in [0, 0.05) is 12.1 Å². The van der Waals surface area contributed by atoms with Crippen molar-refractivity contribution in [1.82, 2.24) is 9.88 Å². The van der Waals surface area contributed by atoms with Gasteiger partial charge in [0.1, 0.15) is 10.8 Å². The molecule has 1 unspecified atom stereocenters. The summed E-state index contributed by atoms with van der Waals surface area (Å²) in [6.45, 7) is 5.05. The predicted molar refractivity (Wildman–Crippen MR) is 113 cm³/mol. The van der Waals surface area contributed by atoms with Crippen LogP contribution in [0.15, 0.2) is 29.8 Å². The van der Waals surface area contributed by atoms with E-state index in [1.54, 1.807) is 17.6 Å². The number of carbonyl (C=O) groups excluding carboxylic acids is 3. The number of nitrogens with zero attached hydrogens (tertiary/aromatic N) is 2. The first-order chi connectivity index (χ1) is 13.8. The molecule has 8 nitrogen and oxygen atoms in total. The van der Waals surface area contributed by atoms with E-state index in [2.05, 4.69) is 15.6 Å². The van der Waals surface area contributed by atoms with Crippen LogP contribution in [-0.4, -0.2) is 46.7 Å². The van der Waals surface area contributed by atoms with Gasteiger partial charge in [0.15, 0.2) is 0 Å². The van der Waals surface area contributed by atoms with E-state index in [1.807, 2.05) is 30.9 Å². The first-order valence-corrected chi connectivity index (χ1v) is 10.4. The zero-order chi connectivity index (χ0) is 21.0. The van der Waals surface area contributed by atoms with Crippen LogP contribution in [0.3, 0.4) is 0 Å². The van der Waals surface area contributed by atoms with Gasteiger partial charge in [-0.1, -0.05) is 0 Å². The first kappa shape index (κ1) is 20.9. The number of hydrogen-bond donors (Lipinski definition) is 3. The lowest BCUT2D eigenvalue weighted by Crippen LogP contribution is -2.47. The Morgan fingerprint density at radius 2 is 1.97 bits per heavy atom. The number of thiophene rings is 1. The number of aromatic nitrogens is 1. The molecule has 3 rings (SSSR count). The molecule has 0 aliphatic carbocycles. The summed E-state index contributed by atoms with van der Waals surface area (Å²) in [4.78, 5) is 42.7. The van der Waals surface area contributed by atoms with Gasteiger partial charge in [0.05, 0.1) is 11.6 Å². The average Bonchev–Trinajstić information content (AvgIpc) is 3.16. The summed E-state index contributed by atoms with van der Waals surface area (Å²) in [6.07, 6.45) is 3.01. The van der Waals surface area contributed by atoms with Gasteiger partial charge in [-0.05, 0) is 68.9 Å². The number of nitrogens with two attached hydrogens (primary N) is 1. The summed E-state index contributed by atoms with van der Waals surface area (Å²) in [5.41, 5.74) is 6.68. The summed E-state index contributed by atoms with van der Waals surface area (Å²) in [5.74, 6) is -0.343. The number of primary amides is 1. The molecule has 0 saturated carbocycles. The second-order valence-electron chi connectivity index (χ2n) is 7.21. The van der Waals surface area contributed by atoms with Crippen LogP contribution in [0.25, 0.3) is 0 Å². The summed E-state index contributed by atoms with van der Waals surface area (Å²) >= 11 is 1.27. The first-order valence-electron chi connectivity index (χ1n) is 9.51. The molecule has 29 heavy (non-hydrogen) atoms. The fourth-order valence-corrected chi connectivity index (χ4v) is 4.16. The van der Waals surface area contributed by atoms with E-state index in [9.17, 15) is 14.4 Å². The highest BCUT2D eigenvalue weighted by atomic mass is 32.1. The topological polar surface area (TPSA) is 117 Å². The molecule has 0 spiro atoms. The minimum absolute atomic E-state index is 0.0375. The Morgan fingerprint density at radius 1 is 1.24 bits per heavy atom. The third kappa shape index (κ3) is 5.18. The molecule has 2 aromatic heterocycles. The van der Waals surface area contributed by atoms with E-state index in [0.29, 0.717) is 42.3 Å². The standard InChI is InChI=1S/C20H25N5O3S/c1-12-3-7-22-16(11-12)23-19(28)14-4-8-25(9-5-14)13(2)18(27)24-20-15(17(21)26)6-10-29-20/h3,6-7,10-11,13-14H,4-5,8-9H2,1-2H3,(H2,21,26)(H,24,27)(H,22,23,28). The Hall–Kier alpha value is -2.78. The van der Waals surface area contributed by atoms with Crippen LogP contribution in [-0.2, 0) is 9.59 Å². The Balaban J connectivity index is 1.51. The van der Waals surface area contributed by atoms with Crippen molar-refractivity contribution in [1.29, 1.82) is 0 Å². The fourth-order valence-electron chi connectivity index (χ4n) is 3.36. The van der Waals surface area contributed by atoms with Gasteiger partial charge in [-0.15, -0.1) is 11.3 Å². The number of nitrogens with one attached hydrogen (secondary N) is 2. The molecule has 2 aromatic rings. The van der Waals surface area contributed by atoms with Crippen LogP contribution in [0.2, 0.25) is 0 Å². The predicted octanol–water partition coefficient (Wildman–Crippen LogP) is 2.23. The SMILES string of the molecule is Cc1ccnc(NC(=O)C2CCN(C(C)C(=O)Nc3sccc3C(N)=O)CC2)c1. The van der Waals surface area contributed by atoms with E-state index in [-0.39, 0.29) is 23.8 Å². The molecule has 0 radical (unpaired) electrons. The lowest BCUT2D eigenvalue weighted by atomic mass is 9.95. The molecule has 3 amide bonds. The van der Waals surface area contributed by atoms with E-state index < -0.39 is 5.91 Å². The van der Waals surface area contributed by atoms with Gasteiger partial charge in [-0.3, -0.25) is 19.3 Å². The van der Waals surface area contributed by atoms with Gasteiger partial charge in [-0.25, -0.2) is 4.98 Å². The monoisotopic (exact) mass is 415 g/mol. The summed E-state index contributed by atoms with van der Waals surface area (Å²) in [5, 5.41) is 7.85. The second kappa shape index (κ2) is 9.15. The average molecular weight is 416 g/mol. The third-order valence-corrected chi connectivity index (χ3v) is 5.99. The molecule has 9 heteroatoms. The Kier molecular flexibility index (Phi) is 6.60. The fraction of sp³-hybridized carbons (Fsp3) is 0.400. The highest BCUT2D eigenvalue weighted by Crippen LogP contribution is 2.25. The van der Waals surface area contributed by atoms with Gasteiger partial charge >= 0.3 is 0 Å². The second-order valence-corrected chi connectivity index (χ2v) is 8.13. The number of pyridine rings is 1. The normalized spacial score (nSPS) is 16.2. The van der Waals surface area contributed by atoms with E-state index >= 15 is 0 Å². The van der Waals surface area contributed by atoms with Crippen molar-refractivity contribution in [3.05, 3.63) is 40.9 Å². The number of carbonyl (C=O) groups is 3. The largest absolute Gasteiger partial charge is 0.366 e. The molecule has 154 valence electrons. The Bertz CT molecular complexity index is 905. The molecule has 1 atom stereocenters. The van der Waals surface area contributed by atoms with Crippen molar-refractivity contribution in [3.8, 4) is 0 Å². The lowest BCUT2D eigenvalue weighted by molar-refractivity contribution is -0.123. The van der Waals surface area contributed by atoms with Crippen molar-refractivity contribution >= 4 is 39.9 Å². The zero-order valence-electron chi connectivity index (χ0n) is 16.5. The van der Waals surface area contributed by atoms with Crippen LogP contribution in [0, 0.1) is 12.8 Å². The number of anilines is 2. The molecular weight excluding hydrogens is 390 g/mol.